The predicted octanol–water partition coefficient (Wildman–Crippen LogP) is 1.09. The van der Waals surface area contributed by atoms with E-state index in [1.54, 1.807) is 38.2 Å². The number of Topliss-reactive ketones (excluding diaryl/α,β-unsaturated/α-hetero) is 4. The number of carbonyl (C=O) groups is 5. The maximum atomic E-state index is 12.7. The number of carbonyl (C=O) groups excluding carboxylic acids is 5. The zero-order valence-electron chi connectivity index (χ0n) is 15.6. The second kappa shape index (κ2) is 9.30. The number of aromatic nitrogens is 1. The summed E-state index contributed by atoms with van der Waals surface area (Å²) >= 11 is 0. The lowest BCUT2D eigenvalue weighted by molar-refractivity contribution is -0.143. The first kappa shape index (κ1) is 20.6. The molecule has 144 valence electrons. The van der Waals surface area contributed by atoms with E-state index in [1.165, 1.54) is 0 Å². The Labute approximate surface area is 157 Å². The molecule has 1 aliphatic rings. The van der Waals surface area contributed by atoms with Gasteiger partial charge in [0.05, 0.1) is 6.42 Å². The van der Waals surface area contributed by atoms with Gasteiger partial charge in [0, 0.05) is 43.1 Å². The molecule has 1 saturated heterocycles. The van der Waals surface area contributed by atoms with Gasteiger partial charge in [-0.2, -0.15) is 0 Å². The fourth-order valence-corrected chi connectivity index (χ4v) is 3.15. The summed E-state index contributed by atoms with van der Waals surface area (Å²) in [5.41, 5.74) is 0.502. The highest BCUT2D eigenvalue weighted by atomic mass is 16.2. The number of nitrogens with zero attached hydrogens (tertiary/aromatic N) is 1. The molecule has 1 N–H and O–H groups in total. The second-order valence-corrected chi connectivity index (χ2v) is 7.18. The average Bonchev–Trinajstić information content (AvgIpc) is 2.63. The number of ketones is 4. The van der Waals surface area contributed by atoms with Crippen LogP contribution in [-0.2, 0) is 30.4 Å². The van der Waals surface area contributed by atoms with Crippen LogP contribution in [0.5, 0.6) is 0 Å². The minimum atomic E-state index is -0.665. The molecule has 27 heavy (non-hydrogen) atoms. The van der Waals surface area contributed by atoms with Crippen molar-refractivity contribution in [2.45, 2.75) is 39.5 Å². The Kier molecular flexibility index (Phi) is 7.10. The van der Waals surface area contributed by atoms with E-state index in [9.17, 15) is 24.0 Å². The van der Waals surface area contributed by atoms with Gasteiger partial charge in [0.15, 0.2) is 5.78 Å². The number of hydrogen-bond acceptors (Lipinski definition) is 6. The lowest BCUT2D eigenvalue weighted by Gasteiger charge is -2.24. The van der Waals surface area contributed by atoms with Gasteiger partial charge in [0.1, 0.15) is 5.78 Å². The summed E-state index contributed by atoms with van der Waals surface area (Å²) < 4.78 is 0. The van der Waals surface area contributed by atoms with Gasteiger partial charge in [-0.05, 0) is 24.5 Å². The maximum absolute atomic E-state index is 12.7. The molecule has 1 aliphatic heterocycles. The zero-order valence-corrected chi connectivity index (χ0v) is 15.6. The van der Waals surface area contributed by atoms with Gasteiger partial charge in [-0.15, -0.1) is 0 Å². The molecule has 0 radical (unpaired) electrons. The molecule has 1 aromatic heterocycles. The van der Waals surface area contributed by atoms with E-state index in [4.69, 9.17) is 0 Å². The lowest BCUT2D eigenvalue weighted by atomic mass is 9.80. The van der Waals surface area contributed by atoms with E-state index in [0.717, 1.165) is 0 Å². The summed E-state index contributed by atoms with van der Waals surface area (Å²) in [5, 5.41) is 2.45. The van der Waals surface area contributed by atoms with E-state index >= 15 is 0 Å². The molecule has 2 unspecified atom stereocenters. The normalized spacial score (nSPS) is 18.1. The van der Waals surface area contributed by atoms with E-state index in [-0.39, 0.29) is 31.0 Å². The van der Waals surface area contributed by atoms with Crippen molar-refractivity contribution in [3.05, 3.63) is 30.1 Å². The Balaban J connectivity index is 1.98. The molecule has 1 aromatic rings. The molecule has 0 aliphatic carbocycles. The fraction of sp³-hybridized carbons (Fsp3) is 0.500. The molecule has 2 heterocycles. The molecule has 0 saturated carbocycles. The van der Waals surface area contributed by atoms with Crippen LogP contribution in [0, 0.1) is 17.8 Å². The Bertz CT molecular complexity index is 742. The molecular formula is C20H24N2O5. The van der Waals surface area contributed by atoms with Crippen LogP contribution in [0.25, 0.3) is 0 Å². The van der Waals surface area contributed by atoms with Crippen molar-refractivity contribution in [1.29, 1.82) is 0 Å². The summed E-state index contributed by atoms with van der Waals surface area (Å²) in [7, 11) is 0. The minimum Gasteiger partial charge on any atom is -0.349 e. The molecule has 0 bridgehead atoms. The number of pyridine rings is 1. The highest BCUT2D eigenvalue weighted by Crippen LogP contribution is 2.24. The van der Waals surface area contributed by atoms with Crippen molar-refractivity contribution in [3.8, 4) is 0 Å². The van der Waals surface area contributed by atoms with Crippen molar-refractivity contribution in [1.82, 2.24) is 10.3 Å². The Morgan fingerprint density at radius 3 is 2.56 bits per heavy atom. The summed E-state index contributed by atoms with van der Waals surface area (Å²) in [6.45, 7) is 3.96. The third-order valence-electron chi connectivity index (χ3n) is 4.82. The summed E-state index contributed by atoms with van der Waals surface area (Å²) in [6.07, 6.45) is 1.60. The molecule has 1 amide bonds. The molecular weight excluding hydrogens is 348 g/mol. The lowest BCUT2D eigenvalue weighted by Crippen LogP contribution is -2.43. The van der Waals surface area contributed by atoms with Crippen LogP contribution in [0.1, 0.15) is 38.8 Å². The van der Waals surface area contributed by atoms with E-state index in [0.29, 0.717) is 18.7 Å². The standard InChI is InChI=1S/C20H24N2O5/c1-12(2)15(16(23)9-13-6-8-22-20(27)19(13)26)11-18(25)17(24)10-14-5-3-4-7-21-14/h3-5,7,12-13,15H,6,8-11H2,1-2H3,(H,22,27). The zero-order chi connectivity index (χ0) is 20.0. The average molecular weight is 372 g/mol. The number of rotatable bonds is 9. The van der Waals surface area contributed by atoms with Gasteiger partial charge < -0.3 is 5.32 Å². The van der Waals surface area contributed by atoms with Gasteiger partial charge in [-0.1, -0.05) is 19.9 Å². The van der Waals surface area contributed by atoms with Crippen LogP contribution in [0.3, 0.4) is 0 Å². The Morgan fingerprint density at radius 1 is 1.19 bits per heavy atom. The minimum absolute atomic E-state index is 0.0726. The smallest absolute Gasteiger partial charge is 0.287 e. The maximum Gasteiger partial charge on any atom is 0.287 e. The van der Waals surface area contributed by atoms with Crippen LogP contribution in [0.4, 0.5) is 0 Å². The van der Waals surface area contributed by atoms with Gasteiger partial charge >= 0.3 is 0 Å². The van der Waals surface area contributed by atoms with Crippen molar-refractivity contribution >= 4 is 29.0 Å². The van der Waals surface area contributed by atoms with Crippen molar-refractivity contribution in [2.75, 3.05) is 6.54 Å². The van der Waals surface area contributed by atoms with Crippen LogP contribution >= 0.6 is 0 Å². The van der Waals surface area contributed by atoms with E-state index in [2.05, 4.69) is 10.3 Å². The fourth-order valence-electron chi connectivity index (χ4n) is 3.15. The van der Waals surface area contributed by atoms with Crippen LogP contribution < -0.4 is 5.32 Å². The van der Waals surface area contributed by atoms with Crippen molar-refractivity contribution in [2.24, 2.45) is 17.8 Å². The summed E-state index contributed by atoms with van der Waals surface area (Å²) in [5.74, 6) is -4.15. The Morgan fingerprint density at radius 2 is 1.93 bits per heavy atom. The van der Waals surface area contributed by atoms with Crippen LogP contribution in [0.2, 0.25) is 0 Å². The molecule has 2 atom stereocenters. The third-order valence-corrected chi connectivity index (χ3v) is 4.82. The van der Waals surface area contributed by atoms with Gasteiger partial charge in [0.25, 0.3) is 5.91 Å². The molecule has 1 fully saturated rings. The monoisotopic (exact) mass is 372 g/mol. The first-order valence-corrected chi connectivity index (χ1v) is 9.10. The SMILES string of the molecule is CC(C)C(CC(=O)C(=O)Cc1ccccn1)C(=O)CC1CCNC(=O)C1=O. The number of hydrogen-bond donors (Lipinski definition) is 1. The predicted molar refractivity (Wildman–Crippen MR) is 96.6 cm³/mol. The second-order valence-electron chi connectivity index (χ2n) is 7.18. The van der Waals surface area contributed by atoms with Gasteiger partial charge in [-0.3, -0.25) is 29.0 Å². The summed E-state index contributed by atoms with van der Waals surface area (Å²) in [6, 6.07) is 5.12. The van der Waals surface area contributed by atoms with Crippen molar-refractivity contribution < 1.29 is 24.0 Å². The first-order chi connectivity index (χ1) is 12.8. The van der Waals surface area contributed by atoms with Crippen LogP contribution in [-0.4, -0.2) is 40.6 Å². The number of piperidine rings is 1. The largest absolute Gasteiger partial charge is 0.349 e. The van der Waals surface area contributed by atoms with Gasteiger partial charge in [-0.25, -0.2) is 0 Å². The topological polar surface area (TPSA) is 110 Å². The van der Waals surface area contributed by atoms with Gasteiger partial charge in [0.2, 0.25) is 11.6 Å². The van der Waals surface area contributed by atoms with Crippen LogP contribution in [0.15, 0.2) is 24.4 Å². The Hall–Kier alpha value is -2.70. The first-order valence-electron chi connectivity index (χ1n) is 9.10. The van der Waals surface area contributed by atoms with E-state index < -0.39 is 35.1 Å². The number of nitrogens with one attached hydrogen (secondary N) is 1. The highest BCUT2D eigenvalue weighted by Gasteiger charge is 2.34. The summed E-state index contributed by atoms with van der Waals surface area (Å²) in [4.78, 5) is 64.5. The van der Waals surface area contributed by atoms with E-state index in [1.807, 2.05) is 0 Å². The molecule has 0 spiro atoms. The number of amides is 1. The molecule has 7 heteroatoms. The highest BCUT2D eigenvalue weighted by molar-refractivity contribution is 6.38. The molecule has 0 aromatic carbocycles. The van der Waals surface area contributed by atoms with Crippen molar-refractivity contribution in [3.63, 3.8) is 0 Å². The molecule has 2 rings (SSSR count). The quantitative estimate of drug-likeness (QED) is 0.650. The third kappa shape index (κ3) is 5.64. The molecule has 7 nitrogen and oxygen atoms in total.